The van der Waals surface area contributed by atoms with Gasteiger partial charge in [0.15, 0.2) is 0 Å². The van der Waals surface area contributed by atoms with Gasteiger partial charge in [-0.2, -0.15) is 4.98 Å². The van der Waals surface area contributed by atoms with Gasteiger partial charge in [0.05, 0.1) is 13.3 Å². The van der Waals surface area contributed by atoms with Crippen LogP contribution in [0, 0.1) is 0 Å². The molecule has 1 fully saturated rings. The van der Waals surface area contributed by atoms with Crippen molar-refractivity contribution in [1.82, 2.24) is 15.3 Å². The van der Waals surface area contributed by atoms with Crippen molar-refractivity contribution >= 4 is 11.7 Å². The van der Waals surface area contributed by atoms with E-state index < -0.39 is 0 Å². The van der Waals surface area contributed by atoms with E-state index in [2.05, 4.69) is 21.9 Å². The average molecular weight is 312 g/mol. The lowest BCUT2D eigenvalue weighted by molar-refractivity contribution is 0.245. The highest BCUT2D eigenvalue weighted by Crippen LogP contribution is 2.30. The van der Waals surface area contributed by atoms with Crippen molar-refractivity contribution in [3.05, 3.63) is 48.8 Å². The van der Waals surface area contributed by atoms with Crippen LogP contribution < -0.4 is 19.7 Å². The highest BCUT2D eigenvalue weighted by Gasteiger charge is 2.25. The summed E-state index contributed by atoms with van der Waals surface area (Å²) in [6, 6.07) is 9.07. The van der Waals surface area contributed by atoms with Crippen LogP contribution >= 0.6 is 0 Å². The molecule has 0 radical (unpaired) electrons. The maximum Gasteiger partial charge on any atom is 0.326 e. The van der Waals surface area contributed by atoms with Crippen molar-refractivity contribution in [3.63, 3.8) is 0 Å². The molecule has 7 nitrogen and oxygen atoms in total. The van der Waals surface area contributed by atoms with Crippen molar-refractivity contribution in [2.24, 2.45) is 0 Å². The molecule has 7 heteroatoms. The molecule has 1 aliphatic rings. The Balaban J connectivity index is 1.85. The molecule has 0 bridgehead atoms. The van der Waals surface area contributed by atoms with Gasteiger partial charge in [0, 0.05) is 18.7 Å². The van der Waals surface area contributed by atoms with E-state index in [1.807, 2.05) is 18.2 Å². The number of amides is 2. The number of hydrogen-bond donors (Lipinski definition) is 1. The van der Waals surface area contributed by atoms with Crippen molar-refractivity contribution in [2.45, 2.75) is 6.42 Å². The summed E-state index contributed by atoms with van der Waals surface area (Å²) in [5.41, 5.74) is 1.17. The van der Waals surface area contributed by atoms with Gasteiger partial charge in [-0.05, 0) is 12.1 Å². The monoisotopic (exact) mass is 312 g/mol. The first-order valence-electron chi connectivity index (χ1n) is 7.07. The van der Waals surface area contributed by atoms with Crippen molar-refractivity contribution in [2.75, 3.05) is 18.6 Å². The van der Waals surface area contributed by atoms with Gasteiger partial charge in [0.2, 0.25) is 5.88 Å². The molecule has 1 aliphatic heterocycles. The van der Waals surface area contributed by atoms with Crippen LogP contribution in [0.3, 0.4) is 0 Å². The van der Waals surface area contributed by atoms with Gasteiger partial charge in [0.25, 0.3) is 0 Å². The maximum absolute atomic E-state index is 12.1. The first-order valence-corrected chi connectivity index (χ1v) is 7.07. The molecular formula is C16H16N4O3. The maximum atomic E-state index is 12.1. The van der Waals surface area contributed by atoms with Crippen LogP contribution in [0.25, 0.3) is 0 Å². The molecule has 23 heavy (non-hydrogen) atoms. The highest BCUT2D eigenvalue weighted by atomic mass is 16.5. The Morgan fingerprint density at radius 3 is 2.78 bits per heavy atom. The minimum atomic E-state index is -0.278. The summed E-state index contributed by atoms with van der Waals surface area (Å²) in [7, 11) is 1.49. The Morgan fingerprint density at radius 2 is 2.09 bits per heavy atom. The molecule has 2 amide bonds. The first kappa shape index (κ1) is 14.8. The minimum absolute atomic E-state index is 0.152. The van der Waals surface area contributed by atoms with Gasteiger partial charge in [-0.15, -0.1) is 0 Å². The van der Waals surface area contributed by atoms with E-state index in [9.17, 15) is 4.79 Å². The Morgan fingerprint density at radius 1 is 1.30 bits per heavy atom. The Labute approximate surface area is 133 Å². The van der Waals surface area contributed by atoms with E-state index in [0.717, 1.165) is 0 Å². The predicted molar refractivity (Wildman–Crippen MR) is 84.7 cm³/mol. The second-order valence-corrected chi connectivity index (χ2v) is 4.90. The minimum Gasteiger partial charge on any atom is -0.479 e. The van der Waals surface area contributed by atoms with Crippen molar-refractivity contribution in [1.29, 1.82) is 0 Å². The van der Waals surface area contributed by atoms with E-state index in [1.54, 1.807) is 12.1 Å². The van der Waals surface area contributed by atoms with E-state index in [4.69, 9.17) is 9.47 Å². The average Bonchev–Trinajstić information content (AvgIpc) is 2.56. The molecular weight excluding hydrogens is 296 g/mol. The second-order valence-electron chi connectivity index (χ2n) is 4.90. The lowest BCUT2D eigenvalue weighted by atomic mass is 10.2. The fourth-order valence-corrected chi connectivity index (χ4v) is 2.18. The summed E-state index contributed by atoms with van der Waals surface area (Å²) in [5, 5.41) is 2.68. The molecule has 1 N–H and O–H groups in total. The standard InChI is InChI=1S/C16H16N4O3/c1-11-8-9-20(16(21)18-11)13-10-17-15(19-14(13)22-2)23-12-6-4-3-5-7-12/h3-7,10H,1,8-9H2,2H3,(H,18,21). The molecule has 2 heterocycles. The number of benzene rings is 1. The largest absolute Gasteiger partial charge is 0.479 e. The topological polar surface area (TPSA) is 76.6 Å². The van der Waals surface area contributed by atoms with E-state index in [0.29, 0.717) is 30.1 Å². The molecule has 118 valence electrons. The van der Waals surface area contributed by atoms with E-state index >= 15 is 0 Å². The Kier molecular flexibility index (Phi) is 4.09. The number of nitrogens with one attached hydrogen (secondary N) is 1. The van der Waals surface area contributed by atoms with Crippen LogP contribution in [0.4, 0.5) is 10.5 Å². The smallest absolute Gasteiger partial charge is 0.326 e. The zero-order valence-electron chi connectivity index (χ0n) is 12.7. The third-order valence-electron chi connectivity index (χ3n) is 3.32. The SMILES string of the molecule is C=C1CCN(c2cnc(Oc3ccccc3)nc2OC)C(=O)N1. The molecule has 2 aromatic rings. The summed E-state index contributed by atoms with van der Waals surface area (Å²) in [6.07, 6.45) is 2.16. The van der Waals surface area contributed by atoms with Crippen LogP contribution in [0.15, 0.2) is 48.8 Å². The number of hydrogen-bond acceptors (Lipinski definition) is 5. The molecule has 0 atom stereocenters. The normalized spacial score (nSPS) is 14.4. The third kappa shape index (κ3) is 3.23. The van der Waals surface area contributed by atoms with Crippen molar-refractivity contribution in [3.8, 4) is 17.6 Å². The number of methoxy groups -OCH3 is 1. The number of anilines is 1. The molecule has 1 aromatic carbocycles. The zero-order valence-corrected chi connectivity index (χ0v) is 12.7. The molecule has 1 saturated heterocycles. The van der Waals surface area contributed by atoms with Crippen LogP contribution in [0.1, 0.15) is 6.42 Å². The molecule has 3 rings (SSSR count). The number of carbonyl (C=O) groups is 1. The van der Waals surface area contributed by atoms with Gasteiger partial charge in [-0.25, -0.2) is 9.78 Å². The van der Waals surface area contributed by atoms with Gasteiger partial charge < -0.3 is 14.8 Å². The number of nitrogens with zero attached hydrogens (tertiary/aromatic N) is 3. The van der Waals surface area contributed by atoms with Gasteiger partial charge in [-0.3, -0.25) is 4.90 Å². The fourth-order valence-electron chi connectivity index (χ4n) is 2.18. The quantitative estimate of drug-likeness (QED) is 0.939. The molecule has 0 saturated carbocycles. The highest BCUT2D eigenvalue weighted by molar-refractivity contribution is 5.95. The number of aromatic nitrogens is 2. The Bertz CT molecular complexity index is 733. The number of urea groups is 1. The lowest BCUT2D eigenvalue weighted by Crippen LogP contribution is -2.45. The van der Waals surface area contributed by atoms with E-state index in [1.165, 1.54) is 18.2 Å². The van der Waals surface area contributed by atoms with Crippen LogP contribution in [0.5, 0.6) is 17.6 Å². The molecule has 0 unspecified atom stereocenters. The summed E-state index contributed by atoms with van der Waals surface area (Å²) in [5.74, 6) is 0.892. The molecule has 0 spiro atoms. The number of rotatable bonds is 4. The molecule has 0 aliphatic carbocycles. The number of ether oxygens (including phenoxy) is 2. The molecule has 1 aromatic heterocycles. The summed E-state index contributed by atoms with van der Waals surface area (Å²) < 4.78 is 10.8. The van der Waals surface area contributed by atoms with Gasteiger partial charge in [0.1, 0.15) is 11.4 Å². The summed E-state index contributed by atoms with van der Waals surface area (Å²) in [6.45, 7) is 4.24. The lowest BCUT2D eigenvalue weighted by Gasteiger charge is -2.28. The van der Waals surface area contributed by atoms with Crippen LogP contribution in [-0.4, -0.2) is 29.7 Å². The van der Waals surface area contributed by atoms with Crippen LogP contribution in [0.2, 0.25) is 0 Å². The second kappa shape index (κ2) is 6.35. The zero-order chi connectivity index (χ0) is 16.2. The van der Waals surface area contributed by atoms with Gasteiger partial charge >= 0.3 is 12.0 Å². The fraction of sp³-hybridized carbons (Fsp3) is 0.188. The number of carbonyl (C=O) groups excluding carboxylic acids is 1. The van der Waals surface area contributed by atoms with Gasteiger partial charge in [-0.1, -0.05) is 24.8 Å². The number of para-hydroxylation sites is 1. The first-order chi connectivity index (χ1) is 11.2. The Hall–Kier alpha value is -3.09. The summed E-state index contributed by atoms with van der Waals surface area (Å²) >= 11 is 0. The predicted octanol–water partition coefficient (Wildman–Crippen LogP) is 2.71. The third-order valence-corrected chi connectivity index (χ3v) is 3.32. The van der Waals surface area contributed by atoms with Crippen LogP contribution in [-0.2, 0) is 0 Å². The van der Waals surface area contributed by atoms with E-state index in [-0.39, 0.29) is 17.9 Å². The summed E-state index contributed by atoms with van der Waals surface area (Å²) in [4.78, 5) is 21.9. The van der Waals surface area contributed by atoms with Crippen molar-refractivity contribution < 1.29 is 14.3 Å².